The average Bonchev–Trinajstić information content (AvgIpc) is 2.65. The molecule has 0 bridgehead atoms. The van der Waals surface area contributed by atoms with Crippen molar-refractivity contribution in [3.63, 3.8) is 0 Å². The van der Waals surface area contributed by atoms with Gasteiger partial charge in [0, 0.05) is 6.04 Å². The largest absolute Gasteiger partial charge is 0.487 e. The summed E-state index contributed by atoms with van der Waals surface area (Å²) < 4.78 is 41.2. The van der Waals surface area contributed by atoms with Gasteiger partial charge in [-0.2, -0.15) is 0 Å². The molecule has 2 rings (SSSR count). The Morgan fingerprint density at radius 1 is 1.33 bits per heavy atom. The second kappa shape index (κ2) is 4.83. The van der Waals surface area contributed by atoms with E-state index in [2.05, 4.69) is 0 Å². The number of benzene rings is 1. The van der Waals surface area contributed by atoms with E-state index in [9.17, 15) is 12.8 Å². The molecule has 0 heterocycles. The van der Waals surface area contributed by atoms with Crippen molar-refractivity contribution >= 4 is 10.0 Å². The molecule has 100 valence electrons. The van der Waals surface area contributed by atoms with Gasteiger partial charge in [0.15, 0.2) is 11.6 Å². The van der Waals surface area contributed by atoms with Crippen LogP contribution in [-0.2, 0) is 10.0 Å². The summed E-state index contributed by atoms with van der Waals surface area (Å²) in [5, 5.41) is 4.91. The minimum Gasteiger partial charge on any atom is -0.487 e. The summed E-state index contributed by atoms with van der Waals surface area (Å²) in [5.74, 6) is -0.705. The van der Waals surface area contributed by atoms with Gasteiger partial charge < -0.3 is 10.5 Å². The molecule has 0 radical (unpaired) electrons. The lowest BCUT2D eigenvalue weighted by Crippen LogP contribution is -2.19. The fraction of sp³-hybridized carbons (Fsp3) is 0.455. The van der Waals surface area contributed by atoms with E-state index in [1.165, 1.54) is 12.1 Å². The van der Waals surface area contributed by atoms with Crippen molar-refractivity contribution in [2.45, 2.75) is 36.3 Å². The SMILES string of the molecule is NC1CCC(Oc2ccc(S(N)(=O)=O)cc2F)C1. The smallest absolute Gasteiger partial charge is 0.238 e. The van der Waals surface area contributed by atoms with Gasteiger partial charge in [0.1, 0.15) is 6.10 Å². The predicted molar refractivity (Wildman–Crippen MR) is 64.0 cm³/mol. The minimum atomic E-state index is -3.89. The molecule has 2 unspecified atom stereocenters. The molecule has 7 heteroatoms. The Labute approximate surface area is 105 Å². The molecule has 4 N–H and O–H groups in total. The molecule has 1 aromatic rings. The lowest BCUT2D eigenvalue weighted by atomic mass is 10.2. The van der Waals surface area contributed by atoms with Gasteiger partial charge in [-0.3, -0.25) is 0 Å². The van der Waals surface area contributed by atoms with Crippen molar-refractivity contribution in [1.29, 1.82) is 0 Å². The van der Waals surface area contributed by atoms with Crippen molar-refractivity contribution in [2.24, 2.45) is 10.9 Å². The fourth-order valence-corrected chi connectivity index (χ4v) is 2.54. The van der Waals surface area contributed by atoms with E-state index in [1.54, 1.807) is 0 Å². The molecule has 0 amide bonds. The van der Waals surface area contributed by atoms with Gasteiger partial charge in [0.05, 0.1) is 4.90 Å². The number of sulfonamides is 1. The molecule has 5 nitrogen and oxygen atoms in total. The van der Waals surface area contributed by atoms with Crippen LogP contribution in [0.3, 0.4) is 0 Å². The van der Waals surface area contributed by atoms with Crippen LogP contribution in [0.2, 0.25) is 0 Å². The van der Waals surface area contributed by atoms with Gasteiger partial charge >= 0.3 is 0 Å². The summed E-state index contributed by atoms with van der Waals surface area (Å²) in [6.45, 7) is 0. The van der Waals surface area contributed by atoms with E-state index in [0.717, 1.165) is 18.9 Å². The number of primary sulfonamides is 1. The summed E-state index contributed by atoms with van der Waals surface area (Å²) in [6, 6.07) is 3.45. The standard InChI is InChI=1S/C11H15FN2O3S/c12-10-6-9(18(14,15)16)3-4-11(10)17-8-2-1-7(13)5-8/h3-4,6-8H,1-2,5,13H2,(H2,14,15,16). The highest BCUT2D eigenvalue weighted by Gasteiger charge is 2.24. The third-order valence-corrected chi connectivity index (χ3v) is 3.86. The van der Waals surface area contributed by atoms with Crippen molar-refractivity contribution in [3.8, 4) is 5.75 Å². The predicted octanol–water partition coefficient (Wildman–Crippen LogP) is 0.732. The first-order valence-corrected chi connectivity index (χ1v) is 7.15. The monoisotopic (exact) mass is 274 g/mol. The van der Waals surface area contributed by atoms with Gasteiger partial charge in [-0.1, -0.05) is 0 Å². The molecular formula is C11H15FN2O3S. The maximum atomic E-state index is 13.7. The van der Waals surface area contributed by atoms with Gasteiger partial charge in [0.25, 0.3) is 0 Å². The highest BCUT2D eigenvalue weighted by Crippen LogP contribution is 2.26. The zero-order valence-corrected chi connectivity index (χ0v) is 10.5. The van der Waals surface area contributed by atoms with Crippen molar-refractivity contribution < 1.29 is 17.5 Å². The van der Waals surface area contributed by atoms with E-state index in [4.69, 9.17) is 15.6 Å². The highest BCUT2D eigenvalue weighted by atomic mass is 32.2. The molecule has 1 aromatic carbocycles. The number of nitrogens with two attached hydrogens (primary N) is 2. The number of halogens is 1. The Morgan fingerprint density at radius 2 is 2.06 bits per heavy atom. The van der Waals surface area contributed by atoms with Crippen LogP contribution in [0.25, 0.3) is 0 Å². The molecule has 1 aliphatic carbocycles. The molecule has 1 fully saturated rings. The van der Waals surface area contributed by atoms with Crippen LogP contribution in [0.5, 0.6) is 5.75 Å². The number of rotatable bonds is 3. The first-order chi connectivity index (χ1) is 8.36. The van der Waals surface area contributed by atoms with Crippen LogP contribution >= 0.6 is 0 Å². The van der Waals surface area contributed by atoms with E-state index in [0.29, 0.717) is 6.42 Å². The Balaban J connectivity index is 2.15. The zero-order valence-electron chi connectivity index (χ0n) is 9.67. The summed E-state index contributed by atoms with van der Waals surface area (Å²) in [7, 11) is -3.89. The number of hydrogen-bond donors (Lipinski definition) is 2. The van der Waals surface area contributed by atoms with E-state index < -0.39 is 15.8 Å². The third kappa shape index (κ3) is 2.98. The lowest BCUT2D eigenvalue weighted by molar-refractivity contribution is 0.199. The first kappa shape index (κ1) is 13.3. The number of ether oxygens (including phenoxy) is 1. The average molecular weight is 274 g/mol. The molecule has 1 aliphatic rings. The first-order valence-electron chi connectivity index (χ1n) is 5.61. The molecule has 1 saturated carbocycles. The zero-order chi connectivity index (χ0) is 13.3. The minimum absolute atomic E-state index is 0.0292. The maximum Gasteiger partial charge on any atom is 0.238 e. The molecule has 0 spiro atoms. The maximum absolute atomic E-state index is 13.7. The van der Waals surface area contributed by atoms with Crippen molar-refractivity contribution in [1.82, 2.24) is 0 Å². The quantitative estimate of drug-likeness (QED) is 0.849. The third-order valence-electron chi connectivity index (χ3n) is 2.95. The molecule has 2 atom stereocenters. The lowest BCUT2D eigenvalue weighted by Gasteiger charge is -2.14. The summed E-state index contributed by atoms with van der Waals surface area (Å²) in [4.78, 5) is -0.268. The van der Waals surface area contributed by atoms with Gasteiger partial charge in [-0.05, 0) is 37.5 Å². The molecule has 18 heavy (non-hydrogen) atoms. The summed E-state index contributed by atoms with van der Waals surface area (Å²) >= 11 is 0. The van der Waals surface area contributed by atoms with Gasteiger partial charge in [0.2, 0.25) is 10.0 Å². The Hall–Kier alpha value is -1.18. The van der Waals surface area contributed by atoms with Crippen LogP contribution in [0, 0.1) is 5.82 Å². The molecule has 0 aromatic heterocycles. The Kier molecular flexibility index (Phi) is 3.56. The van der Waals surface area contributed by atoms with Gasteiger partial charge in [-0.15, -0.1) is 0 Å². The molecule has 0 aliphatic heterocycles. The van der Waals surface area contributed by atoms with Crippen molar-refractivity contribution in [3.05, 3.63) is 24.0 Å². The molecule has 0 saturated heterocycles. The Bertz CT molecular complexity index is 547. The van der Waals surface area contributed by atoms with Crippen molar-refractivity contribution in [2.75, 3.05) is 0 Å². The summed E-state index contributed by atoms with van der Waals surface area (Å²) in [6.07, 6.45) is 2.19. The van der Waals surface area contributed by atoms with Crippen LogP contribution < -0.4 is 15.6 Å². The Morgan fingerprint density at radius 3 is 2.56 bits per heavy atom. The highest BCUT2D eigenvalue weighted by molar-refractivity contribution is 7.89. The van der Waals surface area contributed by atoms with Crippen LogP contribution in [0.1, 0.15) is 19.3 Å². The topological polar surface area (TPSA) is 95.4 Å². The fourth-order valence-electron chi connectivity index (χ4n) is 2.01. The van der Waals surface area contributed by atoms with Crippen LogP contribution in [0.15, 0.2) is 23.1 Å². The second-order valence-corrected chi connectivity index (χ2v) is 6.01. The van der Waals surface area contributed by atoms with E-state index in [1.807, 2.05) is 0 Å². The van der Waals surface area contributed by atoms with Gasteiger partial charge in [-0.25, -0.2) is 17.9 Å². The van der Waals surface area contributed by atoms with Crippen LogP contribution in [0.4, 0.5) is 4.39 Å². The normalized spacial score (nSPS) is 24.2. The summed E-state index contributed by atoms with van der Waals surface area (Å²) in [5.41, 5.74) is 5.73. The van der Waals surface area contributed by atoms with Crippen LogP contribution in [-0.4, -0.2) is 20.6 Å². The van der Waals surface area contributed by atoms with E-state index >= 15 is 0 Å². The van der Waals surface area contributed by atoms with E-state index in [-0.39, 0.29) is 22.8 Å². The molecular weight excluding hydrogens is 259 g/mol. The second-order valence-electron chi connectivity index (χ2n) is 4.45. The number of hydrogen-bond acceptors (Lipinski definition) is 4.